The van der Waals surface area contributed by atoms with Gasteiger partial charge in [-0.2, -0.15) is 0 Å². The van der Waals surface area contributed by atoms with E-state index in [1.165, 1.54) is 12.5 Å². The highest BCUT2D eigenvalue weighted by atomic mass is 16.7. The van der Waals surface area contributed by atoms with Crippen LogP contribution in [-0.4, -0.2) is 57.2 Å². The molecule has 1 aliphatic heterocycles. The van der Waals surface area contributed by atoms with Crippen molar-refractivity contribution < 1.29 is 29.9 Å². The number of rotatable bonds is 6. The van der Waals surface area contributed by atoms with Crippen molar-refractivity contribution in [2.24, 2.45) is 0 Å². The number of aliphatic hydroxyl groups is 4. The molecule has 0 spiro atoms. The molecule has 7 nitrogen and oxygen atoms in total. The number of benzene rings is 2. The summed E-state index contributed by atoms with van der Waals surface area (Å²) in [6.07, 6.45) is -3.91. The minimum absolute atomic E-state index is 0.402. The maximum absolute atomic E-state index is 10.4. The Hall–Kier alpha value is -2.16. The van der Waals surface area contributed by atoms with Crippen LogP contribution in [0, 0.1) is 0 Å². The van der Waals surface area contributed by atoms with Gasteiger partial charge >= 0.3 is 0 Å². The number of aryl methyl sites for hydroxylation is 1. The summed E-state index contributed by atoms with van der Waals surface area (Å²) in [5.41, 5.74) is 7.73. The van der Waals surface area contributed by atoms with Gasteiger partial charge in [0.25, 0.3) is 0 Å². The third kappa shape index (κ3) is 4.55. The summed E-state index contributed by atoms with van der Waals surface area (Å²) in [5.74, 6) is 0.402. The summed E-state index contributed by atoms with van der Waals surface area (Å²) in [7, 11) is 0. The number of hydrogen-bond donors (Lipinski definition) is 5. The predicted octanol–water partition coefficient (Wildman–Crippen LogP) is 0.991. The molecule has 0 radical (unpaired) electrons. The van der Waals surface area contributed by atoms with Crippen LogP contribution in [0.4, 0.5) is 5.69 Å². The highest BCUT2D eigenvalue weighted by molar-refractivity contribution is 5.50. The summed E-state index contributed by atoms with van der Waals surface area (Å²) < 4.78 is 11.4. The number of ether oxygens (including phenoxy) is 2. The van der Waals surface area contributed by atoms with Gasteiger partial charge in [-0.15, -0.1) is 0 Å². The number of anilines is 1. The van der Waals surface area contributed by atoms with Crippen molar-refractivity contribution in [3.63, 3.8) is 0 Å². The minimum atomic E-state index is -1.81. The van der Waals surface area contributed by atoms with Gasteiger partial charge in [-0.1, -0.05) is 37.3 Å². The molecule has 0 aromatic heterocycles. The maximum Gasteiger partial charge on any atom is 0.229 e. The molecule has 158 valence electrons. The Morgan fingerprint density at radius 3 is 2.38 bits per heavy atom. The van der Waals surface area contributed by atoms with Crippen molar-refractivity contribution in [3.8, 4) is 5.75 Å². The van der Waals surface area contributed by atoms with Crippen LogP contribution in [0.15, 0.2) is 42.5 Å². The third-order valence-corrected chi connectivity index (χ3v) is 5.48. The molecule has 0 bridgehead atoms. The van der Waals surface area contributed by atoms with Crippen molar-refractivity contribution in [1.29, 1.82) is 0 Å². The molecule has 1 saturated heterocycles. The zero-order valence-corrected chi connectivity index (χ0v) is 16.7. The van der Waals surface area contributed by atoms with E-state index in [0.29, 0.717) is 17.9 Å². The molecule has 1 heterocycles. The Kier molecular flexibility index (Phi) is 6.45. The van der Waals surface area contributed by atoms with E-state index in [2.05, 4.69) is 19.1 Å². The van der Waals surface area contributed by atoms with Crippen molar-refractivity contribution in [1.82, 2.24) is 0 Å². The Balaban J connectivity index is 1.83. The summed E-state index contributed by atoms with van der Waals surface area (Å²) in [4.78, 5) is 0. The summed E-state index contributed by atoms with van der Waals surface area (Å²) in [6, 6.07) is 13.5. The molecule has 0 saturated carbocycles. The molecule has 3 rings (SSSR count). The number of hydrogen-bond acceptors (Lipinski definition) is 7. The quantitative estimate of drug-likeness (QED) is 0.456. The lowest BCUT2D eigenvalue weighted by molar-refractivity contribution is -0.308. The molecule has 5 atom stereocenters. The number of nitrogen functional groups attached to an aromatic ring is 1. The number of nitrogens with two attached hydrogens (primary N) is 1. The second kappa shape index (κ2) is 8.69. The van der Waals surface area contributed by atoms with Crippen LogP contribution in [-0.2, 0) is 17.6 Å². The van der Waals surface area contributed by atoms with Crippen LogP contribution < -0.4 is 10.5 Å². The van der Waals surface area contributed by atoms with Crippen molar-refractivity contribution in [2.75, 3.05) is 12.3 Å². The van der Waals surface area contributed by atoms with Gasteiger partial charge in [-0.25, -0.2) is 0 Å². The summed E-state index contributed by atoms with van der Waals surface area (Å²) >= 11 is 0. The SMILES string of the molecule is CCc1ccc(Cc2ccc(N)cc2O[C@H]2O[C@H](CO)[C@@](C)(O)[C@H](O)[C@H]2O)cc1. The van der Waals surface area contributed by atoms with E-state index in [4.69, 9.17) is 15.2 Å². The van der Waals surface area contributed by atoms with Gasteiger partial charge in [0.05, 0.1) is 6.61 Å². The first-order valence-corrected chi connectivity index (χ1v) is 9.74. The Morgan fingerprint density at radius 1 is 1.10 bits per heavy atom. The van der Waals surface area contributed by atoms with Gasteiger partial charge in [-0.3, -0.25) is 0 Å². The van der Waals surface area contributed by atoms with E-state index in [0.717, 1.165) is 17.5 Å². The molecule has 1 fully saturated rings. The molecule has 6 N–H and O–H groups in total. The summed E-state index contributed by atoms with van der Waals surface area (Å²) in [6.45, 7) is 2.86. The monoisotopic (exact) mass is 403 g/mol. The van der Waals surface area contributed by atoms with Crippen LogP contribution >= 0.6 is 0 Å². The molecule has 1 aliphatic rings. The van der Waals surface area contributed by atoms with Crippen LogP contribution in [0.25, 0.3) is 0 Å². The Morgan fingerprint density at radius 2 is 1.76 bits per heavy atom. The predicted molar refractivity (Wildman–Crippen MR) is 108 cm³/mol. The molecule has 2 aromatic rings. The van der Waals surface area contributed by atoms with Gasteiger partial charge in [0, 0.05) is 18.2 Å². The molecule has 29 heavy (non-hydrogen) atoms. The van der Waals surface area contributed by atoms with E-state index in [-0.39, 0.29) is 0 Å². The second-order valence-electron chi connectivity index (χ2n) is 7.67. The third-order valence-electron chi connectivity index (χ3n) is 5.48. The first-order valence-electron chi connectivity index (χ1n) is 9.74. The first kappa shape index (κ1) is 21.5. The molecular formula is C22H29NO6. The van der Waals surface area contributed by atoms with Crippen LogP contribution in [0.3, 0.4) is 0 Å². The average molecular weight is 403 g/mol. The van der Waals surface area contributed by atoms with Crippen LogP contribution in [0.2, 0.25) is 0 Å². The molecule has 2 aromatic carbocycles. The molecular weight excluding hydrogens is 374 g/mol. The van der Waals surface area contributed by atoms with Gasteiger partial charge < -0.3 is 35.6 Å². The topological polar surface area (TPSA) is 125 Å². The molecule has 0 aliphatic carbocycles. The highest BCUT2D eigenvalue weighted by Gasteiger charge is 2.52. The number of aliphatic hydroxyl groups excluding tert-OH is 3. The van der Waals surface area contributed by atoms with Crippen LogP contribution in [0.1, 0.15) is 30.5 Å². The highest BCUT2D eigenvalue weighted by Crippen LogP contribution is 2.33. The molecule has 7 heteroatoms. The lowest BCUT2D eigenvalue weighted by Crippen LogP contribution is -2.66. The maximum atomic E-state index is 10.4. The lowest BCUT2D eigenvalue weighted by atomic mass is 9.86. The van der Waals surface area contributed by atoms with Gasteiger partial charge in [0.15, 0.2) is 0 Å². The molecule has 0 unspecified atom stereocenters. The Labute approximate surface area is 170 Å². The molecule has 0 amide bonds. The lowest BCUT2D eigenvalue weighted by Gasteiger charge is -2.45. The fourth-order valence-corrected chi connectivity index (χ4v) is 3.46. The van der Waals surface area contributed by atoms with E-state index < -0.39 is 36.8 Å². The largest absolute Gasteiger partial charge is 0.462 e. The smallest absolute Gasteiger partial charge is 0.229 e. The zero-order valence-electron chi connectivity index (χ0n) is 16.7. The zero-order chi connectivity index (χ0) is 21.2. The average Bonchev–Trinajstić information content (AvgIpc) is 2.71. The fourth-order valence-electron chi connectivity index (χ4n) is 3.46. The summed E-state index contributed by atoms with van der Waals surface area (Å²) in [5, 5.41) is 40.5. The fraction of sp³-hybridized carbons (Fsp3) is 0.455. The van der Waals surface area contributed by atoms with Gasteiger partial charge in [0.2, 0.25) is 6.29 Å². The van der Waals surface area contributed by atoms with E-state index in [1.807, 2.05) is 18.2 Å². The van der Waals surface area contributed by atoms with E-state index in [9.17, 15) is 20.4 Å². The minimum Gasteiger partial charge on any atom is -0.462 e. The van der Waals surface area contributed by atoms with Crippen LogP contribution in [0.5, 0.6) is 5.75 Å². The van der Waals surface area contributed by atoms with Crippen molar-refractivity contribution in [3.05, 3.63) is 59.2 Å². The van der Waals surface area contributed by atoms with Crippen molar-refractivity contribution in [2.45, 2.75) is 56.9 Å². The van der Waals surface area contributed by atoms with E-state index in [1.54, 1.807) is 12.1 Å². The normalized spacial score (nSPS) is 29.6. The second-order valence-corrected chi connectivity index (χ2v) is 7.67. The van der Waals surface area contributed by atoms with Gasteiger partial charge in [-0.05, 0) is 36.1 Å². The Bertz CT molecular complexity index is 819. The van der Waals surface area contributed by atoms with Crippen molar-refractivity contribution >= 4 is 5.69 Å². The van der Waals surface area contributed by atoms with E-state index >= 15 is 0 Å². The standard InChI is InChI=1S/C22H29NO6/c1-3-13-4-6-14(7-5-13)10-15-8-9-16(23)11-17(15)28-21-19(25)20(26)22(2,27)18(12-24)29-21/h4-9,11,18-21,24-27H,3,10,12,23H2,1-2H3/t18-,19-,20-,21+,22-/m1/s1. The van der Waals surface area contributed by atoms with Gasteiger partial charge in [0.1, 0.15) is 29.7 Å². The first-order chi connectivity index (χ1) is 13.8.